The monoisotopic (exact) mass is 236 g/mol. The van der Waals surface area contributed by atoms with Gasteiger partial charge in [-0.1, -0.05) is 13.3 Å². The summed E-state index contributed by atoms with van der Waals surface area (Å²) in [6.07, 6.45) is 2.04. The van der Waals surface area contributed by atoms with E-state index in [2.05, 4.69) is 4.74 Å². The summed E-state index contributed by atoms with van der Waals surface area (Å²) in [5.74, 6) is -0.775. The molecule has 0 spiro atoms. The molecule has 0 heterocycles. The number of unbranched alkanes of at least 4 members (excludes halogenated alkanes) is 1. The largest absolute Gasteiger partial charge is 0.507 e. The summed E-state index contributed by atoms with van der Waals surface area (Å²) in [4.78, 5) is 23.1. The van der Waals surface area contributed by atoms with E-state index in [-0.39, 0.29) is 22.7 Å². The number of phenolic OH excluding ortho intramolecular Hbond substituents is 1. The molecule has 0 saturated heterocycles. The Kier molecular flexibility index (Phi) is 4.69. The lowest BCUT2D eigenvalue weighted by molar-refractivity contribution is 0.0600. The minimum absolute atomic E-state index is 0.0984. The molecule has 4 heteroatoms. The number of hydrogen-bond acceptors (Lipinski definition) is 4. The summed E-state index contributed by atoms with van der Waals surface area (Å²) in [5, 5.41) is 9.59. The van der Waals surface area contributed by atoms with Crippen molar-refractivity contribution in [2.45, 2.75) is 26.2 Å². The van der Waals surface area contributed by atoms with Crippen LogP contribution >= 0.6 is 0 Å². The van der Waals surface area contributed by atoms with Crippen molar-refractivity contribution in [1.82, 2.24) is 0 Å². The Bertz CT molecular complexity index is 423. The number of carbonyl (C=O) groups is 2. The van der Waals surface area contributed by atoms with Gasteiger partial charge in [0.2, 0.25) is 0 Å². The predicted molar refractivity (Wildman–Crippen MR) is 63.3 cm³/mol. The Morgan fingerprint density at radius 3 is 2.65 bits per heavy atom. The lowest BCUT2D eigenvalue weighted by atomic mass is 10.0. The third kappa shape index (κ3) is 3.31. The number of phenols is 1. The Hall–Kier alpha value is -1.84. The summed E-state index contributed by atoms with van der Waals surface area (Å²) in [7, 11) is 1.27. The number of benzene rings is 1. The van der Waals surface area contributed by atoms with Gasteiger partial charge in [-0.3, -0.25) is 4.79 Å². The van der Waals surface area contributed by atoms with Crippen LogP contribution in [0.2, 0.25) is 0 Å². The Morgan fingerprint density at radius 2 is 2.06 bits per heavy atom. The second-order valence-electron chi connectivity index (χ2n) is 3.75. The first-order valence-electron chi connectivity index (χ1n) is 5.54. The molecular formula is C13H16O4. The van der Waals surface area contributed by atoms with Crippen molar-refractivity contribution in [2.24, 2.45) is 0 Å². The first-order valence-corrected chi connectivity index (χ1v) is 5.54. The molecule has 1 aromatic rings. The summed E-state index contributed by atoms with van der Waals surface area (Å²) < 4.78 is 4.56. The molecule has 0 aliphatic carbocycles. The maximum absolute atomic E-state index is 11.8. The number of ether oxygens (including phenoxy) is 1. The van der Waals surface area contributed by atoms with E-state index in [1.54, 1.807) is 0 Å². The van der Waals surface area contributed by atoms with Gasteiger partial charge in [-0.15, -0.1) is 0 Å². The van der Waals surface area contributed by atoms with Gasteiger partial charge in [0.25, 0.3) is 0 Å². The highest BCUT2D eigenvalue weighted by molar-refractivity contribution is 6.01. The van der Waals surface area contributed by atoms with Crippen LogP contribution in [-0.2, 0) is 4.74 Å². The number of Topliss-reactive ketones (excluding diaryl/α,β-unsaturated/α-hetero) is 1. The average molecular weight is 236 g/mol. The highest BCUT2D eigenvalue weighted by Gasteiger charge is 2.14. The molecule has 0 radical (unpaired) electrons. The number of esters is 1. The normalized spacial score (nSPS) is 10.0. The lowest BCUT2D eigenvalue weighted by Gasteiger charge is -2.05. The van der Waals surface area contributed by atoms with Gasteiger partial charge in [0.1, 0.15) is 5.75 Å². The van der Waals surface area contributed by atoms with Crippen LogP contribution in [0.25, 0.3) is 0 Å². The molecular weight excluding hydrogens is 220 g/mol. The SMILES string of the molecule is CCCCC(=O)c1cc(C(=O)OC)ccc1O. The number of carbonyl (C=O) groups excluding carboxylic acids is 2. The van der Waals surface area contributed by atoms with Crippen LogP contribution in [-0.4, -0.2) is 24.0 Å². The highest BCUT2D eigenvalue weighted by Crippen LogP contribution is 2.21. The Balaban J connectivity index is 2.98. The molecule has 92 valence electrons. The molecule has 0 aliphatic heterocycles. The molecule has 1 aromatic carbocycles. The van der Waals surface area contributed by atoms with Gasteiger partial charge < -0.3 is 9.84 Å². The van der Waals surface area contributed by atoms with Crippen LogP contribution in [0, 0.1) is 0 Å². The van der Waals surface area contributed by atoms with Gasteiger partial charge in [-0.2, -0.15) is 0 Å². The van der Waals surface area contributed by atoms with E-state index in [0.29, 0.717) is 6.42 Å². The number of rotatable bonds is 5. The second-order valence-corrected chi connectivity index (χ2v) is 3.75. The molecule has 0 amide bonds. The third-order valence-corrected chi connectivity index (χ3v) is 2.48. The van der Waals surface area contributed by atoms with E-state index in [9.17, 15) is 14.7 Å². The van der Waals surface area contributed by atoms with Crippen molar-refractivity contribution in [2.75, 3.05) is 7.11 Å². The fraction of sp³-hybridized carbons (Fsp3) is 0.385. The van der Waals surface area contributed by atoms with Gasteiger partial charge in [0, 0.05) is 6.42 Å². The summed E-state index contributed by atoms with van der Waals surface area (Å²) in [5.41, 5.74) is 0.450. The van der Waals surface area contributed by atoms with E-state index < -0.39 is 5.97 Å². The van der Waals surface area contributed by atoms with Crippen LogP contribution in [0.1, 0.15) is 46.9 Å². The molecule has 0 saturated carbocycles. The molecule has 0 atom stereocenters. The summed E-state index contributed by atoms with van der Waals surface area (Å²) in [6, 6.07) is 4.14. The zero-order valence-electron chi connectivity index (χ0n) is 10.0. The molecule has 1 N–H and O–H groups in total. The summed E-state index contributed by atoms with van der Waals surface area (Å²) in [6.45, 7) is 1.98. The molecule has 0 fully saturated rings. The number of ketones is 1. The predicted octanol–water partition coefficient (Wildman–Crippen LogP) is 2.55. The molecule has 0 aliphatic rings. The standard InChI is InChI=1S/C13H16O4/c1-3-4-5-11(14)10-8-9(13(16)17-2)6-7-12(10)15/h6-8,15H,3-5H2,1-2H3. The topological polar surface area (TPSA) is 63.6 Å². The number of hydrogen-bond donors (Lipinski definition) is 1. The van der Waals surface area contributed by atoms with Crippen molar-refractivity contribution in [1.29, 1.82) is 0 Å². The Labute approximate surface area is 100 Å². The Morgan fingerprint density at radius 1 is 1.35 bits per heavy atom. The number of methoxy groups -OCH3 is 1. The fourth-order valence-corrected chi connectivity index (χ4v) is 1.48. The minimum atomic E-state index is -0.519. The smallest absolute Gasteiger partial charge is 0.337 e. The maximum Gasteiger partial charge on any atom is 0.337 e. The van der Waals surface area contributed by atoms with Gasteiger partial charge in [0.05, 0.1) is 18.2 Å². The zero-order chi connectivity index (χ0) is 12.8. The average Bonchev–Trinajstić information content (AvgIpc) is 2.35. The van der Waals surface area contributed by atoms with Crippen molar-refractivity contribution >= 4 is 11.8 Å². The molecule has 1 rings (SSSR count). The second kappa shape index (κ2) is 6.03. The van der Waals surface area contributed by atoms with Crippen LogP contribution in [0.3, 0.4) is 0 Å². The van der Waals surface area contributed by atoms with E-state index >= 15 is 0 Å². The fourth-order valence-electron chi connectivity index (χ4n) is 1.48. The highest BCUT2D eigenvalue weighted by atomic mass is 16.5. The zero-order valence-corrected chi connectivity index (χ0v) is 10.0. The van der Waals surface area contributed by atoms with Gasteiger partial charge in [-0.25, -0.2) is 4.79 Å². The molecule has 17 heavy (non-hydrogen) atoms. The van der Waals surface area contributed by atoms with Crippen molar-refractivity contribution < 1.29 is 19.4 Å². The lowest BCUT2D eigenvalue weighted by Crippen LogP contribution is -2.05. The van der Waals surface area contributed by atoms with Gasteiger partial charge in [-0.05, 0) is 24.6 Å². The minimum Gasteiger partial charge on any atom is -0.507 e. The first-order chi connectivity index (χ1) is 8.10. The maximum atomic E-state index is 11.8. The van der Waals surface area contributed by atoms with Crippen LogP contribution in [0.4, 0.5) is 0 Å². The van der Waals surface area contributed by atoms with Gasteiger partial charge >= 0.3 is 5.97 Å². The molecule has 0 unspecified atom stereocenters. The van der Waals surface area contributed by atoms with Crippen molar-refractivity contribution in [3.8, 4) is 5.75 Å². The molecule has 0 bridgehead atoms. The van der Waals surface area contributed by atoms with Crippen LogP contribution in [0.5, 0.6) is 5.75 Å². The summed E-state index contributed by atoms with van der Waals surface area (Å²) >= 11 is 0. The molecule has 0 aromatic heterocycles. The molecule has 4 nitrogen and oxygen atoms in total. The first kappa shape index (κ1) is 13.2. The van der Waals surface area contributed by atoms with E-state index in [0.717, 1.165) is 12.8 Å². The van der Waals surface area contributed by atoms with E-state index in [1.165, 1.54) is 25.3 Å². The van der Waals surface area contributed by atoms with E-state index in [1.807, 2.05) is 6.92 Å². The quantitative estimate of drug-likeness (QED) is 0.630. The van der Waals surface area contributed by atoms with Crippen LogP contribution in [0.15, 0.2) is 18.2 Å². The van der Waals surface area contributed by atoms with Gasteiger partial charge in [0.15, 0.2) is 5.78 Å². The number of aromatic hydroxyl groups is 1. The van der Waals surface area contributed by atoms with E-state index in [4.69, 9.17) is 0 Å². The van der Waals surface area contributed by atoms with Crippen molar-refractivity contribution in [3.05, 3.63) is 29.3 Å². The van der Waals surface area contributed by atoms with Crippen molar-refractivity contribution in [3.63, 3.8) is 0 Å². The third-order valence-electron chi connectivity index (χ3n) is 2.48. The van der Waals surface area contributed by atoms with Crippen LogP contribution < -0.4 is 0 Å².